The Hall–Kier alpha value is 0.01000. The van der Waals surface area contributed by atoms with Crippen molar-refractivity contribution < 1.29 is 4.74 Å². The van der Waals surface area contributed by atoms with Crippen LogP contribution in [0.4, 0.5) is 0 Å². The Labute approximate surface area is 98.4 Å². The van der Waals surface area contributed by atoms with Gasteiger partial charge in [0.25, 0.3) is 0 Å². The number of methoxy groups -OCH3 is 1. The second-order valence-corrected chi connectivity index (χ2v) is 5.13. The van der Waals surface area contributed by atoms with Crippen LogP contribution in [0.25, 0.3) is 0 Å². The molecular formula is C11H15BrOS. The largest absolute Gasteiger partial charge is 0.385 e. The average molecular weight is 275 g/mol. The average Bonchev–Trinajstić information content (AvgIpc) is 2.18. The van der Waals surface area contributed by atoms with Gasteiger partial charge in [-0.25, -0.2) is 0 Å². The van der Waals surface area contributed by atoms with Gasteiger partial charge in [-0.1, -0.05) is 22.0 Å². The lowest BCUT2D eigenvalue weighted by atomic mass is 10.2. The molecule has 0 saturated heterocycles. The van der Waals surface area contributed by atoms with Crippen molar-refractivity contribution in [3.05, 3.63) is 28.2 Å². The summed E-state index contributed by atoms with van der Waals surface area (Å²) < 4.78 is 6.19. The van der Waals surface area contributed by atoms with E-state index >= 15 is 0 Å². The van der Waals surface area contributed by atoms with Gasteiger partial charge in [0, 0.05) is 28.8 Å². The Morgan fingerprint density at radius 1 is 1.43 bits per heavy atom. The lowest BCUT2D eigenvalue weighted by Gasteiger charge is -2.03. The van der Waals surface area contributed by atoms with E-state index in [2.05, 4.69) is 41.1 Å². The molecule has 1 aromatic carbocycles. The van der Waals surface area contributed by atoms with Crippen molar-refractivity contribution >= 4 is 27.7 Å². The highest BCUT2D eigenvalue weighted by molar-refractivity contribution is 9.10. The molecule has 0 heterocycles. The number of aryl methyl sites for hydroxylation is 1. The first-order valence-electron chi connectivity index (χ1n) is 4.62. The molecule has 0 unspecified atom stereocenters. The summed E-state index contributed by atoms with van der Waals surface area (Å²) in [6.07, 6.45) is 1.10. The summed E-state index contributed by atoms with van der Waals surface area (Å²) in [5.41, 5.74) is 1.28. The Balaban J connectivity index is 2.39. The predicted molar refractivity (Wildman–Crippen MR) is 66.1 cm³/mol. The summed E-state index contributed by atoms with van der Waals surface area (Å²) in [7, 11) is 1.74. The summed E-state index contributed by atoms with van der Waals surface area (Å²) in [6.45, 7) is 2.95. The molecule has 0 bridgehead atoms. The first-order valence-corrected chi connectivity index (χ1v) is 6.40. The molecule has 1 aromatic rings. The van der Waals surface area contributed by atoms with Crippen LogP contribution >= 0.6 is 27.7 Å². The van der Waals surface area contributed by atoms with Crippen molar-refractivity contribution in [2.75, 3.05) is 19.5 Å². The third kappa shape index (κ3) is 4.03. The van der Waals surface area contributed by atoms with Crippen LogP contribution < -0.4 is 0 Å². The van der Waals surface area contributed by atoms with Crippen molar-refractivity contribution in [1.29, 1.82) is 0 Å². The van der Waals surface area contributed by atoms with Crippen LogP contribution in [-0.4, -0.2) is 19.5 Å². The van der Waals surface area contributed by atoms with E-state index in [9.17, 15) is 0 Å². The molecule has 1 nitrogen and oxygen atoms in total. The maximum atomic E-state index is 5.00. The monoisotopic (exact) mass is 274 g/mol. The molecule has 0 spiro atoms. The molecule has 1 rings (SSSR count). The number of thioether (sulfide) groups is 1. The lowest BCUT2D eigenvalue weighted by Crippen LogP contribution is -1.90. The van der Waals surface area contributed by atoms with E-state index in [-0.39, 0.29) is 0 Å². The number of halogens is 1. The zero-order valence-corrected chi connectivity index (χ0v) is 11.0. The first kappa shape index (κ1) is 12.1. The highest BCUT2D eigenvalue weighted by atomic mass is 79.9. The molecular weight excluding hydrogens is 260 g/mol. The minimum absolute atomic E-state index is 0.847. The van der Waals surface area contributed by atoms with Gasteiger partial charge in [0.05, 0.1) is 0 Å². The summed E-state index contributed by atoms with van der Waals surface area (Å²) >= 11 is 5.40. The molecule has 0 fully saturated rings. The van der Waals surface area contributed by atoms with Gasteiger partial charge in [0.1, 0.15) is 0 Å². The Kier molecular flexibility index (Phi) is 5.60. The van der Waals surface area contributed by atoms with Crippen molar-refractivity contribution in [2.45, 2.75) is 18.2 Å². The van der Waals surface area contributed by atoms with Crippen LogP contribution in [0.3, 0.4) is 0 Å². The first-order chi connectivity index (χ1) is 6.74. The number of rotatable bonds is 5. The van der Waals surface area contributed by atoms with Crippen LogP contribution in [0.1, 0.15) is 12.0 Å². The Morgan fingerprint density at radius 2 is 2.21 bits per heavy atom. The van der Waals surface area contributed by atoms with E-state index in [1.54, 1.807) is 7.11 Å². The second-order valence-electron chi connectivity index (χ2n) is 3.11. The third-order valence-electron chi connectivity index (χ3n) is 1.90. The topological polar surface area (TPSA) is 9.23 Å². The zero-order chi connectivity index (χ0) is 10.4. The highest BCUT2D eigenvalue weighted by Gasteiger charge is 1.97. The number of hydrogen-bond acceptors (Lipinski definition) is 2. The van der Waals surface area contributed by atoms with Gasteiger partial charge in [0.15, 0.2) is 0 Å². The minimum Gasteiger partial charge on any atom is -0.385 e. The van der Waals surface area contributed by atoms with Crippen LogP contribution in [0.2, 0.25) is 0 Å². The normalized spacial score (nSPS) is 10.5. The smallest absolute Gasteiger partial charge is 0.0470 e. The molecule has 14 heavy (non-hydrogen) atoms. The molecule has 3 heteroatoms. The lowest BCUT2D eigenvalue weighted by molar-refractivity contribution is 0.200. The summed E-state index contributed by atoms with van der Waals surface area (Å²) in [4.78, 5) is 1.32. The Morgan fingerprint density at radius 3 is 2.86 bits per heavy atom. The van der Waals surface area contributed by atoms with Gasteiger partial charge in [-0.15, -0.1) is 11.8 Å². The van der Waals surface area contributed by atoms with Gasteiger partial charge in [-0.2, -0.15) is 0 Å². The quantitative estimate of drug-likeness (QED) is 0.595. The predicted octanol–water partition coefficient (Wildman–Crippen LogP) is 3.89. The van der Waals surface area contributed by atoms with Gasteiger partial charge >= 0.3 is 0 Å². The van der Waals surface area contributed by atoms with Gasteiger partial charge in [-0.05, 0) is 31.0 Å². The van der Waals surface area contributed by atoms with E-state index in [0.717, 1.165) is 18.8 Å². The molecule has 0 aliphatic heterocycles. The standard InChI is InChI=1S/C11H15BrOS/c1-9-4-5-10(8-11(9)12)14-7-3-6-13-2/h4-5,8H,3,6-7H2,1-2H3. The number of benzene rings is 1. The van der Waals surface area contributed by atoms with E-state index in [0.29, 0.717) is 0 Å². The zero-order valence-electron chi connectivity index (χ0n) is 8.55. The van der Waals surface area contributed by atoms with Crippen molar-refractivity contribution in [2.24, 2.45) is 0 Å². The van der Waals surface area contributed by atoms with Gasteiger partial charge in [0.2, 0.25) is 0 Å². The molecule has 0 aliphatic carbocycles. The van der Waals surface area contributed by atoms with Gasteiger partial charge < -0.3 is 4.74 Å². The molecule has 78 valence electrons. The van der Waals surface area contributed by atoms with E-state index in [4.69, 9.17) is 4.74 Å². The SMILES string of the molecule is COCCCSc1ccc(C)c(Br)c1. The molecule has 0 amide bonds. The van der Waals surface area contributed by atoms with Crippen LogP contribution in [-0.2, 0) is 4.74 Å². The van der Waals surface area contributed by atoms with E-state index in [1.165, 1.54) is 14.9 Å². The second kappa shape index (κ2) is 6.49. The van der Waals surface area contributed by atoms with Gasteiger partial charge in [-0.3, -0.25) is 0 Å². The maximum Gasteiger partial charge on any atom is 0.0470 e. The minimum atomic E-state index is 0.847. The summed E-state index contributed by atoms with van der Waals surface area (Å²) in [5.74, 6) is 1.11. The molecule has 0 radical (unpaired) electrons. The molecule has 0 atom stereocenters. The molecule has 0 aliphatic rings. The summed E-state index contributed by atoms with van der Waals surface area (Å²) in [6, 6.07) is 6.48. The molecule has 0 N–H and O–H groups in total. The fraction of sp³-hybridized carbons (Fsp3) is 0.455. The maximum absolute atomic E-state index is 5.00. The van der Waals surface area contributed by atoms with Crippen LogP contribution in [0, 0.1) is 6.92 Å². The molecule has 0 aromatic heterocycles. The summed E-state index contributed by atoms with van der Waals surface area (Å²) in [5, 5.41) is 0. The molecule has 0 saturated carbocycles. The van der Waals surface area contributed by atoms with E-state index < -0.39 is 0 Å². The van der Waals surface area contributed by atoms with Crippen LogP contribution in [0.5, 0.6) is 0 Å². The van der Waals surface area contributed by atoms with Crippen LogP contribution in [0.15, 0.2) is 27.6 Å². The highest BCUT2D eigenvalue weighted by Crippen LogP contribution is 2.25. The fourth-order valence-electron chi connectivity index (χ4n) is 1.06. The fourth-order valence-corrected chi connectivity index (χ4v) is 2.45. The Bertz CT molecular complexity index is 289. The van der Waals surface area contributed by atoms with Crippen molar-refractivity contribution in [3.8, 4) is 0 Å². The van der Waals surface area contributed by atoms with E-state index in [1.807, 2.05) is 11.8 Å². The number of ether oxygens (including phenoxy) is 1. The van der Waals surface area contributed by atoms with Crippen molar-refractivity contribution in [3.63, 3.8) is 0 Å². The van der Waals surface area contributed by atoms with Crippen molar-refractivity contribution in [1.82, 2.24) is 0 Å². The third-order valence-corrected chi connectivity index (χ3v) is 3.84. The number of hydrogen-bond donors (Lipinski definition) is 0.